The lowest BCUT2D eigenvalue weighted by Gasteiger charge is -2.28. The van der Waals surface area contributed by atoms with Gasteiger partial charge in [0.05, 0.1) is 24.5 Å². The lowest BCUT2D eigenvalue weighted by molar-refractivity contribution is 0.0241. The Kier molecular flexibility index (Phi) is 7.85. The number of benzene rings is 1. The molecule has 0 amide bonds. The Morgan fingerprint density at radius 2 is 1.96 bits per heavy atom. The first-order valence-electron chi connectivity index (χ1n) is 9.58. The molecule has 0 aliphatic carbocycles. The molecule has 1 aromatic carbocycles. The molecule has 1 aromatic heterocycles. The van der Waals surface area contributed by atoms with Crippen LogP contribution >= 0.6 is 0 Å². The van der Waals surface area contributed by atoms with Crippen molar-refractivity contribution in [2.45, 2.75) is 40.2 Å². The number of ether oxygens (including phenoxy) is 1. The van der Waals surface area contributed by atoms with Crippen molar-refractivity contribution in [3.63, 3.8) is 0 Å². The summed E-state index contributed by atoms with van der Waals surface area (Å²) in [5.74, 6) is 0.819. The van der Waals surface area contributed by atoms with E-state index in [9.17, 15) is 0 Å². The molecule has 1 atom stereocenters. The SMILES string of the molecule is CCNC(=NCC(OC)C(C)(C)C)NCCc1cnn(-c2ccccc2)c1. The minimum absolute atomic E-state index is 0.0571. The molecule has 1 heterocycles. The van der Waals surface area contributed by atoms with E-state index < -0.39 is 0 Å². The van der Waals surface area contributed by atoms with E-state index >= 15 is 0 Å². The van der Waals surface area contributed by atoms with Crippen LogP contribution in [-0.4, -0.2) is 48.6 Å². The van der Waals surface area contributed by atoms with Crippen molar-refractivity contribution < 1.29 is 4.74 Å². The first-order chi connectivity index (χ1) is 12.9. The van der Waals surface area contributed by atoms with E-state index in [0.29, 0.717) is 6.54 Å². The number of para-hydroxylation sites is 1. The van der Waals surface area contributed by atoms with Gasteiger partial charge in [-0.3, -0.25) is 4.99 Å². The van der Waals surface area contributed by atoms with Crippen LogP contribution in [0, 0.1) is 5.41 Å². The highest BCUT2D eigenvalue weighted by molar-refractivity contribution is 5.79. The van der Waals surface area contributed by atoms with Crippen molar-refractivity contribution in [2.24, 2.45) is 10.4 Å². The van der Waals surface area contributed by atoms with Gasteiger partial charge in [-0.15, -0.1) is 0 Å². The second kappa shape index (κ2) is 10.1. The van der Waals surface area contributed by atoms with Crippen LogP contribution in [0.15, 0.2) is 47.7 Å². The largest absolute Gasteiger partial charge is 0.379 e. The summed E-state index contributed by atoms with van der Waals surface area (Å²) in [7, 11) is 1.75. The number of methoxy groups -OCH3 is 1. The normalized spacial score (nSPS) is 13.4. The third-order valence-corrected chi connectivity index (χ3v) is 4.37. The van der Waals surface area contributed by atoms with Gasteiger partial charge in [0.15, 0.2) is 5.96 Å². The van der Waals surface area contributed by atoms with Crippen LogP contribution in [-0.2, 0) is 11.2 Å². The van der Waals surface area contributed by atoms with E-state index in [1.54, 1.807) is 7.11 Å². The van der Waals surface area contributed by atoms with Crippen LogP contribution in [0.4, 0.5) is 0 Å². The molecule has 1 unspecified atom stereocenters. The fourth-order valence-corrected chi connectivity index (χ4v) is 2.75. The molecule has 2 N–H and O–H groups in total. The van der Waals surface area contributed by atoms with Crippen molar-refractivity contribution in [2.75, 3.05) is 26.7 Å². The minimum atomic E-state index is 0.0571. The highest BCUT2D eigenvalue weighted by atomic mass is 16.5. The maximum absolute atomic E-state index is 5.59. The zero-order valence-corrected chi connectivity index (χ0v) is 17.2. The van der Waals surface area contributed by atoms with Gasteiger partial charge in [0.1, 0.15) is 0 Å². The maximum Gasteiger partial charge on any atom is 0.191 e. The quantitative estimate of drug-likeness (QED) is 0.553. The molecule has 0 saturated heterocycles. The van der Waals surface area contributed by atoms with Crippen LogP contribution in [0.25, 0.3) is 5.69 Å². The summed E-state index contributed by atoms with van der Waals surface area (Å²) in [6.45, 7) is 10.8. The van der Waals surface area contributed by atoms with E-state index in [2.05, 4.69) is 54.6 Å². The number of aliphatic imine (C=N–C) groups is 1. The van der Waals surface area contributed by atoms with Crippen molar-refractivity contribution in [3.8, 4) is 5.69 Å². The maximum atomic E-state index is 5.59. The Bertz CT molecular complexity index is 703. The highest BCUT2D eigenvalue weighted by Gasteiger charge is 2.24. The van der Waals surface area contributed by atoms with Gasteiger partial charge < -0.3 is 15.4 Å². The number of aromatic nitrogens is 2. The average Bonchev–Trinajstić information content (AvgIpc) is 3.11. The Morgan fingerprint density at radius 1 is 1.22 bits per heavy atom. The van der Waals surface area contributed by atoms with E-state index in [1.807, 2.05) is 41.2 Å². The van der Waals surface area contributed by atoms with Gasteiger partial charge in [0.2, 0.25) is 0 Å². The fourth-order valence-electron chi connectivity index (χ4n) is 2.75. The van der Waals surface area contributed by atoms with E-state index in [1.165, 1.54) is 5.56 Å². The van der Waals surface area contributed by atoms with Gasteiger partial charge in [0, 0.05) is 26.4 Å². The number of nitrogens with zero attached hydrogens (tertiary/aromatic N) is 3. The summed E-state index contributed by atoms with van der Waals surface area (Å²) >= 11 is 0. The minimum Gasteiger partial charge on any atom is -0.379 e. The van der Waals surface area contributed by atoms with Crippen molar-refractivity contribution in [1.82, 2.24) is 20.4 Å². The molecule has 0 saturated carbocycles. The molecule has 0 radical (unpaired) electrons. The van der Waals surface area contributed by atoms with Crippen LogP contribution in [0.3, 0.4) is 0 Å². The summed E-state index contributed by atoms with van der Waals surface area (Å²) in [6.07, 6.45) is 4.95. The average molecular weight is 372 g/mol. The number of nitrogens with one attached hydrogen (secondary N) is 2. The lowest BCUT2D eigenvalue weighted by Crippen LogP contribution is -2.40. The number of hydrogen-bond donors (Lipinski definition) is 2. The van der Waals surface area contributed by atoms with Gasteiger partial charge in [-0.25, -0.2) is 4.68 Å². The molecule has 27 heavy (non-hydrogen) atoms. The smallest absolute Gasteiger partial charge is 0.191 e. The third kappa shape index (κ3) is 6.71. The third-order valence-electron chi connectivity index (χ3n) is 4.37. The Morgan fingerprint density at radius 3 is 2.59 bits per heavy atom. The molecule has 2 rings (SSSR count). The van der Waals surface area contributed by atoms with Crippen LogP contribution in [0.5, 0.6) is 0 Å². The van der Waals surface area contributed by atoms with Gasteiger partial charge in [-0.05, 0) is 36.5 Å². The van der Waals surface area contributed by atoms with Crippen LogP contribution < -0.4 is 10.6 Å². The van der Waals surface area contributed by atoms with Crippen LogP contribution in [0.2, 0.25) is 0 Å². The van der Waals surface area contributed by atoms with E-state index in [0.717, 1.165) is 31.2 Å². The first-order valence-corrected chi connectivity index (χ1v) is 9.58. The summed E-state index contributed by atoms with van der Waals surface area (Å²) in [5.41, 5.74) is 2.31. The van der Waals surface area contributed by atoms with Gasteiger partial charge in [-0.2, -0.15) is 5.10 Å². The fraction of sp³-hybridized carbons (Fsp3) is 0.524. The van der Waals surface area contributed by atoms with Gasteiger partial charge in [-0.1, -0.05) is 39.0 Å². The molecule has 2 aromatic rings. The molecule has 148 valence electrons. The van der Waals surface area contributed by atoms with Crippen molar-refractivity contribution >= 4 is 5.96 Å². The van der Waals surface area contributed by atoms with Crippen molar-refractivity contribution in [1.29, 1.82) is 0 Å². The van der Waals surface area contributed by atoms with Gasteiger partial charge >= 0.3 is 0 Å². The van der Waals surface area contributed by atoms with Crippen molar-refractivity contribution in [3.05, 3.63) is 48.3 Å². The second-order valence-corrected chi connectivity index (χ2v) is 7.62. The molecule has 0 aliphatic rings. The van der Waals surface area contributed by atoms with E-state index in [-0.39, 0.29) is 11.5 Å². The summed E-state index contributed by atoms with van der Waals surface area (Å²) in [6, 6.07) is 10.1. The van der Waals surface area contributed by atoms with Crippen LogP contribution in [0.1, 0.15) is 33.3 Å². The molecule has 0 spiro atoms. The Hall–Kier alpha value is -2.34. The summed E-state index contributed by atoms with van der Waals surface area (Å²) in [4.78, 5) is 4.68. The Labute approximate surface area is 163 Å². The molecular formula is C21H33N5O. The number of hydrogen-bond acceptors (Lipinski definition) is 3. The topological polar surface area (TPSA) is 63.5 Å². The standard InChI is InChI=1S/C21H33N5O/c1-6-22-20(24-15-19(27-5)21(2,3)4)23-13-12-17-14-25-26(16-17)18-10-8-7-9-11-18/h7-11,14,16,19H,6,12-13,15H2,1-5H3,(H2,22,23,24). The zero-order chi connectivity index (χ0) is 19.7. The summed E-state index contributed by atoms with van der Waals surface area (Å²) in [5, 5.41) is 11.1. The zero-order valence-electron chi connectivity index (χ0n) is 17.2. The molecule has 0 bridgehead atoms. The number of guanidine groups is 1. The molecule has 6 nitrogen and oxygen atoms in total. The highest BCUT2D eigenvalue weighted by Crippen LogP contribution is 2.21. The summed E-state index contributed by atoms with van der Waals surface area (Å²) < 4.78 is 7.49. The molecule has 0 fully saturated rings. The predicted octanol–water partition coefficient (Wildman–Crippen LogP) is 3.03. The molecule has 6 heteroatoms. The lowest BCUT2D eigenvalue weighted by atomic mass is 9.89. The monoisotopic (exact) mass is 371 g/mol. The second-order valence-electron chi connectivity index (χ2n) is 7.62. The number of rotatable bonds is 8. The van der Waals surface area contributed by atoms with Gasteiger partial charge in [0.25, 0.3) is 0 Å². The van der Waals surface area contributed by atoms with E-state index in [4.69, 9.17) is 4.74 Å². The first kappa shape index (κ1) is 21.0. The Balaban J connectivity index is 1.89. The molecular weight excluding hydrogens is 338 g/mol. The molecule has 0 aliphatic heterocycles. The predicted molar refractivity (Wildman–Crippen MR) is 112 cm³/mol.